The minimum atomic E-state index is -0.335. The van der Waals surface area contributed by atoms with Crippen molar-refractivity contribution in [1.29, 1.82) is 5.26 Å². The van der Waals surface area contributed by atoms with E-state index in [9.17, 15) is 0 Å². The minimum absolute atomic E-state index is 0.254. The SMILES string of the molecule is N#CC[C@H](N)c1ccc(N)cc1Cl. The van der Waals surface area contributed by atoms with Gasteiger partial charge < -0.3 is 11.5 Å². The molecule has 0 radical (unpaired) electrons. The third kappa shape index (κ3) is 2.35. The van der Waals surface area contributed by atoms with Crippen molar-refractivity contribution in [1.82, 2.24) is 0 Å². The van der Waals surface area contributed by atoms with Crippen molar-refractivity contribution in [3.05, 3.63) is 28.8 Å². The first-order valence-corrected chi connectivity index (χ1v) is 4.20. The Balaban J connectivity index is 2.96. The van der Waals surface area contributed by atoms with Crippen LogP contribution in [0.25, 0.3) is 0 Å². The number of hydrogen-bond donors (Lipinski definition) is 2. The summed E-state index contributed by atoms with van der Waals surface area (Å²) in [6.07, 6.45) is 0.254. The highest BCUT2D eigenvalue weighted by molar-refractivity contribution is 6.31. The summed E-state index contributed by atoms with van der Waals surface area (Å²) in [7, 11) is 0. The fourth-order valence-electron chi connectivity index (χ4n) is 1.05. The molecule has 0 fully saturated rings. The van der Waals surface area contributed by atoms with E-state index >= 15 is 0 Å². The van der Waals surface area contributed by atoms with E-state index in [4.69, 9.17) is 28.3 Å². The van der Waals surface area contributed by atoms with Gasteiger partial charge in [0.15, 0.2) is 0 Å². The molecular weight excluding hydrogens is 186 g/mol. The topological polar surface area (TPSA) is 75.8 Å². The van der Waals surface area contributed by atoms with Crippen molar-refractivity contribution >= 4 is 17.3 Å². The molecule has 0 aliphatic heterocycles. The molecule has 4 N–H and O–H groups in total. The second-order valence-corrected chi connectivity index (χ2v) is 3.16. The molecule has 0 spiro atoms. The molecule has 13 heavy (non-hydrogen) atoms. The Morgan fingerprint density at radius 1 is 1.54 bits per heavy atom. The quantitative estimate of drug-likeness (QED) is 0.707. The largest absolute Gasteiger partial charge is 0.399 e. The summed E-state index contributed by atoms with van der Waals surface area (Å²) in [6.45, 7) is 0. The van der Waals surface area contributed by atoms with E-state index in [1.54, 1.807) is 18.2 Å². The van der Waals surface area contributed by atoms with Crippen LogP contribution in [0.2, 0.25) is 5.02 Å². The zero-order chi connectivity index (χ0) is 9.84. The molecule has 68 valence electrons. The lowest BCUT2D eigenvalue weighted by molar-refractivity contribution is 0.749. The first-order chi connectivity index (χ1) is 6.15. The minimum Gasteiger partial charge on any atom is -0.399 e. The second-order valence-electron chi connectivity index (χ2n) is 2.75. The van der Waals surface area contributed by atoms with Gasteiger partial charge in [0.1, 0.15) is 0 Å². The third-order valence-electron chi connectivity index (χ3n) is 1.74. The molecule has 0 amide bonds. The molecule has 1 atom stereocenters. The van der Waals surface area contributed by atoms with Crippen molar-refractivity contribution in [2.24, 2.45) is 5.73 Å². The normalized spacial score (nSPS) is 12.1. The van der Waals surface area contributed by atoms with E-state index < -0.39 is 0 Å². The fourth-order valence-corrected chi connectivity index (χ4v) is 1.38. The molecule has 0 heterocycles. The highest BCUT2D eigenvalue weighted by atomic mass is 35.5. The van der Waals surface area contributed by atoms with Gasteiger partial charge in [0.25, 0.3) is 0 Å². The van der Waals surface area contributed by atoms with Crippen LogP contribution in [-0.4, -0.2) is 0 Å². The molecular formula is C9H10ClN3. The number of rotatable bonds is 2. The summed E-state index contributed by atoms with van der Waals surface area (Å²) in [5.74, 6) is 0. The van der Waals surface area contributed by atoms with Gasteiger partial charge in [0, 0.05) is 16.8 Å². The van der Waals surface area contributed by atoms with Crippen LogP contribution in [0.1, 0.15) is 18.0 Å². The zero-order valence-electron chi connectivity index (χ0n) is 7.00. The van der Waals surface area contributed by atoms with Crippen LogP contribution in [0.4, 0.5) is 5.69 Å². The standard InChI is InChI=1S/C9H10ClN3/c10-8-5-6(12)1-2-7(8)9(13)3-4-11/h1-2,5,9H,3,12-13H2/t9-/m0/s1. The molecule has 0 saturated carbocycles. The van der Waals surface area contributed by atoms with Crippen LogP contribution in [-0.2, 0) is 0 Å². The van der Waals surface area contributed by atoms with Crippen LogP contribution in [0, 0.1) is 11.3 Å². The summed E-state index contributed by atoms with van der Waals surface area (Å²) < 4.78 is 0. The van der Waals surface area contributed by atoms with E-state index in [0.29, 0.717) is 10.7 Å². The Labute approximate surface area is 81.9 Å². The molecule has 0 bridgehead atoms. The van der Waals surface area contributed by atoms with Gasteiger partial charge in [-0.2, -0.15) is 5.26 Å². The van der Waals surface area contributed by atoms with Gasteiger partial charge in [-0.15, -0.1) is 0 Å². The fraction of sp³-hybridized carbons (Fsp3) is 0.222. The Morgan fingerprint density at radius 3 is 2.77 bits per heavy atom. The number of nitrogens with zero attached hydrogens (tertiary/aromatic N) is 1. The molecule has 3 nitrogen and oxygen atoms in total. The van der Waals surface area contributed by atoms with Crippen LogP contribution in [0.15, 0.2) is 18.2 Å². The summed E-state index contributed by atoms with van der Waals surface area (Å²) in [4.78, 5) is 0. The predicted molar refractivity (Wildman–Crippen MR) is 53.0 cm³/mol. The Hall–Kier alpha value is -1.24. The lowest BCUT2D eigenvalue weighted by atomic mass is 10.1. The predicted octanol–water partition coefficient (Wildman–Crippen LogP) is 1.84. The number of anilines is 1. The number of nitrogen functional groups attached to an aromatic ring is 1. The third-order valence-corrected chi connectivity index (χ3v) is 2.06. The van der Waals surface area contributed by atoms with E-state index in [2.05, 4.69) is 0 Å². The number of halogens is 1. The molecule has 0 aliphatic carbocycles. The second kappa shape index (κ2) is 4.13. The van der Waals surface area contributed by atoms with Crippen LogP contribution >= 0.6 is 11.6 Å². The van der Waals surface area contributed by atoms with Gasteiger partial charge in [0.05, 0.1) is 12.5 Å². The molecule has 0 saturated heterocycles. The Kier molecular flexibility index (Phi) is 3.13. The van der Waals surface area contributed by atoms with Gasteiger partial charge in [-0.3, -0.25) is 0 Å². The smallest absolute Gasteiger partial charge is 0.0641 e. The van der Waals surface area contributed by atoms with Gasteiger partial charge in [-0.1, -0.05) is 17.7 Å². The van der Waals surface area contributed by atoms with Gasteiger partial charge in [0.2, 0.25) is 0 Å². The maximum atomic E-state index is 8.45. The first-order valence-electron chi connectivity index (χ1n) is 3.82. The Bertz CT molecular complexity index is 343. The van der Waals surface area contributed by atoms with E-state index in [0.717, 1.165) is 5.56 Å². The summed E-state index contributed by atoms with van der Waals surface area (Å²) >= 11 is 5.89. The average Bonchev–Trinajstić information content (AvgIpc) is 2.04. The van der Waals surface area contributed by atoms with Crippen molar-refractivity contribution in [2.45, 2.75) is 12.5 Å². The highest BCUT2D eigenvalue weighted by Crippen LogP contribution is 2.25. The first kappa shape index (κ1) is 9.85. The van der Waals surface area contributed by atoms with Gasteiger partial charge in [-0.05, 0) is 17.7 Å². The molecule has 1 aromatic carbocycles. The maximum Gasteiger partial charge on any atom is 0.0641 e. The monoisotopic (exact) mass is 195 g/mol. The van der Waals surface area contributed by atoms with Crippen molar-refractivity contribution in [3.8, 4) is 6.07 Å². The summed E-state index contributed by atoms with van der Waals surface area (Å²) in [6, 6.07) is 6.76. The zero-order valence-corrected chi connectivity index (χ0v) is 7.75. The molecule has 1 aromatic rings. The highest BCUT2D eigenvalue weighted by Gasteiger charge is 2.09. The average molecular weight is 196 g/mol. The van der Waals surface area contributed by atoms with E-state index in [1.165, 1.54) is 0 Å². The van der Waals surface area contributed by atoms with E-state index in [1.807, 2.05) is 6.07 Å². The number of hydrogen-bond acceptors (Lipinski definition) is 3. The van der Waals surface area contributed by atoms with E-state index in [-0.39, 0.29) is 12.5 Å². The van der Waals surface area contributed by atoms with Gasteiger partial charge in [-0.25, -0.2) is 0 Å². The summed E-state index contributed by atoms with van der Waals surface area (Å²) in [5, 5.41) is 8.96. The Morgan fingerprint density at radius 2 is 2.23 bits per heavy atom. The van der Waals surface area contributed by atoms with Crippen LogP contribution in [0.3, 0.4) is 0 Å². The van der Waals surface area contributed by atoms with Crippen LogP contribution in [0.5, 0.6) is 0 Å². The molecule has 0 unspecified atom stereocenters. The lowest BCUT2D eigenvalue weighted by Gasteiger charge is -2.10. The number of benzene rings is 1. The van der Waals surface area contributed by atoms with Crippen molar-refractivity contribution in [3.63, 3.8) is 0 Å². The van der Waals surface area contributed by atoms with Crippen LogP contribution < -0.4 is 11.5 Å². The number of nitrogens with two attached hydrogens (primary N) is 2. The van der Waals surface area contributed by atoms with Crippen molar-refractivity contribution in [2.75, 3.05) is 5.73 Å². The number of nitriles is 1. The molecule has 1 rings (SSSR count). The maximum absolute atomic E-state index is 8.45. The molecule has 0 aliphatic rings. The molecule has 4 heteroatoms. The van der Waals surface area contributed by atoms with Gasteiger partial charge >= 0.3 is 0 Å². The van der Waals surface area contributed by atoms with Crippen molar-refractivity contribution < 1.29 is 0 Å². The lowest BCUT2D eigenvalue weighted by Crippen LogP contribution is -2.09. The molecule has 0 aromatic heterocycles. The summed E-state index contributed by atoms with van der Waals surface area (Å²) in [5.41, 5.74) is 12.6.